The summed E-state index contributed by atoms with van der Waals surface area (Å²) in [5.74, 6) is -2.55. The lowest BCUT2D eigenvalue weighted by Crippen LogP contribution is -2.37. The number of benzene rings is 1. The van der Waals surface area contributed by atoms with Gasteiger partial charge in [0.05, 0.1) is 4.90 Å². The van der Waals surface area contributed by atoms with Crippen LogP contribution in [0.15, 0.2) is 23.1 Å². The Morgan fingerprint density at radius 1 is 1.04 bits per heavy atom. The number of sulfonamides is 1. The van der Waals surface area contributed by atoms with E-state index < -0.39 is 21.7 Å². The fourth-order valence-corrected chi connectivity index (χ4v) is 3.97. The molecule has 140 valence electrons. The minimum atomic E-state index is -3.98. The number of amides is 1. The van der Waals surface area contributed by atoms with Gasteiger partial charge in [-0.2, -0.15) is 0 Å². The van der Waals surface area contributed by atoms with Crippen LogP contribution < -0.4 is 10.0 Å². The molecule has 1 aromatic rings. The third-order valence-corrected chi connectivity index (χ3v) is 5.77. The summed E-state index contributed by atoms with van der Waals surface area (Å²) in [5.41, 5.74) is 0. The van der Waals surface area contributed by atoms with E-state index in [1.54, 1.807) is 0 Å². The maximum absolute atomic E-state index is 13.2. The second-order valence-corrected chi connectivity index (χ2v) is 8.10. The molecule has 1 amide bonds. The van der Waals surface area contributed by atoms with E-state index in [-0.39, 0.29) is 29.8 Å². The minimum Gasteiger partial charge on any atom is -0.353 e. The molecule has 0 bridgehead atoms. The van der Waals surface area contributed by atoms with Gasteiger partial charge in [0.25, 0.3) is 0 Å². The maximum atomic E-state index is 13.2. The Hall–Kier alpha value is -1.54. The lowest BCUT2D eigenvalue weighted by molar-refractivity contribution is -0.121. The molecule has 1 aromatic carbocycles. The molecule has 5 nitrogen and oxygen atoms in total. The summed E-state index contributed by atoms with van der Waals surface area (Å²) in [7, 11) is -3.98. The normalized spacial score (nSPS) is 16.9. The van der Waals surface area contributed by atoms with E-state index in [9.17, 15) is 22.0 Å². The monoisotopic (exact) mass is 374 g/mol. The van der Waals surface area contributed by atoms with Gasteiger partial charge in [-0.15, -0.1) is 0 Å². The number of carbonyl (C=O) groups excluding carboxylic acids is 1. The number of carbonyl (C=O) groups is 1. The van der Waals surface area contributed by atoms with Crippen molar-refractivity contribution in [1.82, 2.24) is 10.0 Å². The Morgan fingerprint density at radius 3 is 2.32 bits per heavy atom. The average Bonchev–Trinajstić information content (AvgIpc) is 2.52. The van der Waals surface area contributed by atoms with Crippen molar-refractivity contribution >= 4 is 15.9 Å². The molecule has 0 aromatic heterocycles. The molecule has 0 spiro atoms. The minimum absolute atomic E-state index is 0.000588. The van der Waals surface area contributed by atoms with Gasteiger partial charge in [-0.05, 0) is 31.0 Å². The van der Waals surface area contributed by atoms with Crippen molar-refractivity contribution in [2.24, 2.45) is 0 Å². The van der Waals surface area contributed by atoms with Gasteiger partial charge in [0, 0.05) is 19.0 Å². The van der Waals surface area contributed by atoms with Crippen LogP contribution in [0.5, 0.6) is 0 Å². The average molecular weight is 374 g/mol. The van der Waals surface area contributed by atoms with Gasteiger partial charge in [-0.25, -0.2) is 21.9 Å². The SMILES string of the molecule is O=C(CCNS(=O)(=O)c1ccc(F)c(F)c1)NC1CCCCCCC1. The van der Waals surface area contributed by atoms with Crippen LogP contribution in [-0.4, -0.2) is 26.9 Å². The molecule has 0 aliphatic heterocycles. The molecular formula is C17H24F2N2O3S. The molecule has 0 atom stereocenters. The maximum Gasteiger partial charge on any atom is 0.240 e. The van der Waals surface area contributed by atoms with E-state index >= 15 is 0 Å². The first kappa shape index (κ1) is 19.8. The molecule has 2 N–H and O–H groups in total. The Bertz CT molecular complexity index is 687. The number of hydrogen-bond acceptors (Lipinski definition) is 3. The number of hydrogen-bond donors (Lipinski definition) is 2. The Morgan fingerprint density at radius 2 is 1.68 bits per heavy atom. The molecule has 1 saturated carbocycles. The molecule has 0 unspecified atom stereocenters. The molecule has 0 radical (unpaired) electrons. The lowest BCUT2D eigenvalue weighted by atomic mass is 9.96. The predicted molar refractivity (Wildman–Crippen MR) is 90.4 cm³/mol. The molecule has 1 fully saturated rings. The third-order valence-electron chi connectivity index (χ3n) is 4.32. The quantitative estimate of drug-likeness (QED) is 0.804. The van der Waals surface area contributed by atoms with Gasteiger partial charge < -0.3 is 5.32 Å². The van der Waals surface area contributed by atoms with Crippen molar-refractivity contribution in [3.8, 4) is 0 Å². The molecule has 1 aliphatic carbocycles. The summed E-state index contributed by atoms with van der Waals surface area (Å²) in [6, 6.07) is 2.50. The highest BCUT2D eigenvalue weighted by Gasteiger charge is 2.18. The largest absolute Gasteiger partial charge is 0.353 e. The van der Waals surface area contributed by atoms with E-state index in [2.05, 4.69) is 10.0 Å². The second-order valence-electron chi connectivity index (χ2n) is 6.33. The summed E-state index contributed by atoms with van der Waals surface area (Å²) >= 11 is 0. The van der Waals surface area contributed by atoms with Crippen LogP contribution in [0.1, 0.15) is 51.4 Å². The van der Waals surface area contributed by atoms with Crippen LogP contribution in [0.2, 0.25) is 0 Å². The van der Waals surface area contributed by atoms with Crippen LogP contribution >= 0.6 is 0 Å². The molecule has 0 saturated heterocycles. The highest BCUT2D eigenvalue weighted by Crippen LogP contribution is 2.17. The van der Waals surface area contributed by atoms with Gasteiger partial charge in [0.1, 0.15) is 0 Å². The van der Waals surface area contributed by atoms with Crippen molar-refractivity contribution in [3.63, 3.8) is 0 Å². The molecule has 2 rings (SSSR count). The van der Waals surface area contributed by atoms with Crippen molar-refractivity contribution in [2.75, 3.05) is 6.54 Å². The highest BCUT2D eigenvalue weighted by atomic mass is 32.2. The Labute approximate surface area is 147 Å². The fourth-order valence-electron chi connectivity index (χ4n) is 2.93. The Kier molecular flexibility index (Phi) is 7.31. The van der Waals surface area contributed by atoms with Gasteiger partial charge in [0.2, 0.25) is 15.9 Å². The van der Waals surface area contributed by atoms with E-state index in [4.69, 9.17) is 0 Å². The fraction of sp³-hybridized carbons (Fsp3) is 0.588. The molecular weight excluding hydrogens is 350 g/mol. The van der Waals surface area contributed by atoms with E-state index in [0.29, 0.717) is 6.07 Å². The smallest absolute Gasteiger partial charge is 0.240 e. The summed E-state index contributed by atoms with van der Waals surface area (Å²) in [6.45, 7) is -0.0973. The van der Waals surface area contributed by atoms with Crippen LogP contribution in [0.4, 0.5) is 8.78 Å². The van der Waals surface area contributed by atoms with Crippen molar-refractivity contribution in [3.05, 3.63) is 29.8 Å². The van der Waals surface area contributed by atoms with Crippen molar-refractivity contribution < 1.29 is 22.0 Å². The number of rotatable bonds is 6. The summed E-state index contributed by atoms with van der Waals surface area (Å²) < 4.78 is 52.3. The molecule has 8 heteroatoms. The zero-order valence-electron chi connectivity index (χ0n) is 14.1. The number of halogens is 2. The van der Waals surface area contributed by atoms with Crippen molar-refractivity contribution in [2.45, 2.75) is 62.3 Å². The summed E-state index contributed by atoms with van der Waals surface area (Å²) in [4.78, 5) is 11.6. The van der Waals surface area contributed by atoms with Gasteiger partial charge in [-0.1, -0.05) is 32.1 Å². The highest BCUT2D eigenvalue weighted by molar-refractivity contribution is 7.89. The first-order valence-corrected chi connectivity index (χ1v) is 10.1. The van der Waals surface area contributed by atoms with Crippen LogP contribution in [0, 0.1) is 11.6 Å². The first-order chi connectivity index (χ1) is 11.9. The molecule has 0 heterocycles. The topological polar surface area (TPSA) is 75.3 Å². The van der Waals surface area contributed by atoms with Crippen LogP contribution in [-0.2, 0) is 14.8 Å². The zero-order valence-corrected chi connectivity index (χ0v) is 14.9. The standard InChI is InChI=1S/C17H24F2N2O3S/c18-15-9-8-14(12-16(15)19)25(23,24)20-11-10-17(22)21-13-6-4-2-1-3-5-7-13/h8-9,12-13,20H,1-7,10-11H2,(H,21,22). The molecule has 1 aliphatic rings. The first-order valence-electron chi connectivity index (χ1n) is 8.62. The Balaban J connectivity index is 1.80. The summed E-state index contributed by atoms with van der Waals surface area (Å²) in [5, 5.41) is 2.95. The van der Waals surface area contributed by atoms with Gasteiger partial charge >= 0.3 is 0 Å². The zero-order chi connectivity index (χ0) is 18.3. The van der Waals surface area contributed by atoms with E-state index in [0.717, 1.165) is 37.8 Å². The predicted octanol–water partition coefficient (Wildman–Crippen LogP) is 2.86. The third kappa shape index (κ3) is 6.36. The number of nitrogens with one attached hydrogen (secondary N) is 2. The van der Waals surface area contributed by atoms with Gasteiger partial charge in [-0.3, -0.25) is 4.79 Å². The molecule has 25 heavy (non-hydrogen) atoms. The second kappa shape index (κ2) is 9.24. The van der Waals surface area contributed by atoms with Crippen LogP contribution in [0.25, 0.3) is 0 Å². The van der Waals surface area contributed by atoms with E-state index in [1.165, 1.54) is 19.3 Å². The summed E-state index contributed by atoms with van der Waals surface area (Å²) in [6.07, 6.45) is 7.69. The van der Waals surface area contributed by atoms with Gasteiger partial charge in [0.15, 0.2) is 11.6 Å². The van der Waals surface area contributed by atoms with Crippen molar-refractivity contribution in [1.29, 1.82) is 0 Å². The van der Waals surface area contributed by atoms with E-state index in [1.807, 2.05) is 0 Å². The lowest BCUT2D eigenvalue weighted by Gasteiger charge is -2.21. The van der Waals surface area contributed by atoms with Crippen LogP contribution in [0.3, 0.4) is 0 Å².